The molecule has 9 N–H and O–H groups in total. The molecule has 0 aliphatic carbocycles. The molecule has 0 saturated carbocycles. The second kappa shape index (κ2) is 59.6. The first-order valence-corrected chi connectivity index (χ1v) is 35.6. The van der Waals surface area contributed by atoms with Gasteiger partial charge in [-0.3, -0.25) is 4.79 Å². The van der Waals surface area contributed by atoms with E-state index < -0.39 is 86.8 Å². The Bertz CT molecular complexity index is 2090. The minimum atomic E-state index is -1.80. The summed E-state index contributed by atoms with van der Waals surface area (Å²) in [5, 5.41) is 87.4. The van der Waals surface area contributed by atoms with E-state index in [-0.39, 0.29) is 18.9 Å². The SMILES string of the molecule is CC/C=C\C/C=C\C/C=C\C/C=C\C/C=C\C/C=C\C/C=C\C/C=C\C/C=C\CCCCCCCCCCCC(=O)NC(COC1OC(CO)C(OC2OC(CO)C(O)C(O)C2O)C(O)C1O)C(O)/C=C/CC/C=C/CC/C=C/CCCCCCCCCCCC. The van der Waals surface area contributed by atoms with E-state index in [9.17, 15) is 45.6 Å². The predicted octanol–water partition coefficient (Wildman–Crippen LogP) is 14.8. The molecule has 2 aliphatic heterocycles. The number of nitrogens with one attached hydrogen (secondary N) is 1. The molecule has 0 spiro atoms. The lowest BCUT2D eigenvalue weighted by Crippen LogP contribution is -2.65. The van der Waals surface area contributed by atoms with Crippen molar-refractivity contribution in [3.8, 4) is 0 Å². The average Bonchev–Trinajstić information content (AvgIpc) is 1.04. The van der Waals surface area contributed by atoms with Crippen molar-refractivity contribution in [2.24, 2.45) is 0 Å². The van der Waals surface area contributed by atoms with Gasteiger partial charge in [0.2, 0.25) is 5.91 Å². The Hall–Kier alpha value is -4.13. The fraction of sp³-hybridized carbons (Fsp3) is 0.675. The lowest BCUT2D eigenvalue weighted by molar-refractivity contribution is -0.359. The van der Waals surface area contributed by atoms with Crippen molar-refractivity contribution in [2.75, 3.05) is 19.8 Å². The summed E-state index contributed by atoms with van der Waals surface area (Å²) in [4.78, 5) is 13.3. The number of carbonyl (C=O) groups is 1. The molecule has 14 heteroatoms. The summed E-state index contributed by atoms with van der Waals surface area (Å²) in [5.41, 5.74) is 0. The molecule has 12 unspecified atom stereocenters. The first-order chi connectivity index (χ1) is 44.6. The lowest BCUT2D eigenvalue weighted by atomic mass is 9.97. The van der Waals surface area contributed by atoms with Crippen LogP contribution in [0.25, 0.3) is 0 Å². The third-order valence-corrected chi connectivity index (χ3v) is 16.2. The van der Waals surface area contributed by atoms with Crippen molar-refractivity contribution < 1.29 is 64.6 Å². The first kappa shape index (κ1) is 83.0. The van der Waals surface area contributed by atoms with Crippen molar-refractivity contribution in [1.82, 2.24) is 5.32 Å². The number of carbonyl (C=O) groups excluding carboxylic acids is 1. The largest absolute Gasteiger partial charge is 0.394 e. The summed E-state index contributed by atoms with van der Waals surface area (Å²) in [6, 6.07) is -0.953. The minimum absolute atomic E-state index is 0.253. The van der Waals surface area contributed by atoms with E-state index >= 15 is 0 Å². The second-order valence-corrected chi connectivity index (χ2v) is 24.3. The lowest BCUT2D eigenvalue weighted by Gasteiger charge is -2.46. The van der Waals surface area contributed by atoms with E-state index in [2.05, 4.69) is 153 Å². The summed E-state index contributed by atoms with van der Waals surface area (Å²) in [6.45, 7) is 2.65. The monoisotopic (exact) mass is 1270 g/mol. The Morgan fingerprint density at radius 1 is 0.407 bits per heavy atom. The van der Waals surface area contributed by atoms with Crippen molar-refractivity contribution >= 4 is 5.91 Å². The number of hydrogen-bond donors (Lipinski definition) is 9. The van der Waals surface area contributed by atoms with Gasteiger partial charge in [-0.1, -0.05) is 262 Å². The molecule has 2 saturated heterocycles. The quantitative estimate of drug-likeness (QED) is 0.0204. The highest BCUT2D eigenvalue weighted by molar-refractivity contribution is 5.76. The highest BCUT2D eigenvalue weighted by Gasteiger charge is 2.51. The van der Waals surface area contributed by atoms with Gasteiger partial charge in [-0.2, -0.15) is 0 Å². The minimum Gasteiger partial charge on any atom is -0.394 e. The van der Waals surface area contributed by atoms with Crippen LogP contribution in [0.5, 0.6) is 0 Å². The fourth-order valence-electron chi connectivity index (χ4n) is 10.6. The van der Waals surface area contributed by atoms with Crippen molar-refractivity contribution in [3.63, 3.8) is 0 Å². The Balaban J connectivity index is 1.68. The summed E-state index contributed by atoms with van der Waals surface area (Å²) in [5.74, 6) is -0.265. The van der Waals surface area contributed by atoms with Gasteiger partial charge in [0.25, 0.3) is 0 Å². The van der Waals surface area contributed by atoms with Gasteiger partial charge in [0.1, 0.15) is 48.8 Å². The molecule has 0 aromatic heterocycles. The van der Waals surface area contributed by atoms with Gasteiger partial charge in [0.15, 0.2) is 12.6 Å². The number of unbranched alkanes of at least 4 members (excludes halogenated alkanes) is 21. The maximum Gasteiger partial charge on any atom is 0.220 e. The van der Waals surface area contributed by atoms with Crippen LogP contribution in [-0.4, -0.2) is 140 Å². The zero-order valence-electron chi connectivity index (χ0n) is 56.3. The van der Waals surface area contributed by atoms with Gasteiger partial charge < -0.3 is 65.1 Å². The molecule has 0 aromatic carbocycles. The van der Waals surface area contributed by atoms with Gasteiger partial charge in [0.05, 0.1) is 32.0 Å². The van der Waals surface area contributed by atoms with E-state index in [1.165, 1.54) is 89.9 Å². The molecule has 2 rings (SSSR count). The molecule has 0 radical (unpaired) electrons. The smallest absolute Gasteiger partial charge is 0.220 e. The van der Waals surface area contributed by atoms with Crippen molar-refractivity contribution in [2.45, 2.75) is 312 Å². The molecule has 12 atom stereocenters. The number of amides is 1. The summed E-state index contributed by atoms with van der Waals surface area (Å²) in [6.07, 6.45) is 73.2. The number of aliphatic hydroxyl groups excluding tert-OH is 8. The summed E-state index contributed by atoms with van der Waals surface area (Å²) < 4.78 is 22.8. The van der Waals surface area contributed by atoms with Gasteiger partial charge in [0, 0.05) is 6.42 Å². The van der Waals surface area contributed by atoms with Gasteiger partial charge in [-0.15, -0.1) is 0 Å². The van der Waals surface area contributed by atoms with Crippen molar-refractivity contribution in [3.05, 3.63) is 146 Å². The van der Waals surface area contributed by atoms with Crippen LogP contribution in [0.2, 0.25) is 0 Å². The normalized spacial score (nSPS) is 23.7. The zero-order chi connectivity index (χ0) is 65.9. The molecule has 91 heavy (non-hydrogen) atoms. The maximum atomic E-state index is 13.3. The molecule has 2 fully saturated rings. The predicted molar refractivity (Wildman–Crippen MR) is 373 cm³/mol. The van der Waals surface area contributed by atoms with E-state index in [1.54, 1.807) is 6.08 Å². The summed E-state index contributed by atoms with van der Waals surface area (Å²) in [7, 11) is 0. The Morgan fingerprint density at radius 3 is 1.21 bits per heavy atom. The number of ether oxygens (including phenoxy) is 4. The number of rotatable bonds is 56. The van der Waals surface area contributed by atoms with Crippen molar-refractivity contribution in [1.29, 1.82) is 0 Å². The molecule has 14 nitrogen and oxygen atoms in total. The molecule has 518 valence electrons. The number of hydrogen-bond acceptors (Lipinski definition) is 13. The zero-order valence-corrected chi connectivity index (χ0v) is 56.3. The molecule has 2 heterocycles. The van der Waals surface area contributed by atoms with Crippen LogP contribution in [0.1, 0.15) is 239 Å². The Labute approximate surface area is 551 Å². The fourth-order valence-corrected chi connectivity index (χ4v) is 10.6. The number of aliphatic hydroxyl groups is 8. The first-order valence-electron chi connectivity index (χ1n) is 35.6. The molecule has 0 bridgehead atoms. The van der Waals surface area contributed by atoms with Crippen LogP contribution < -0.4 is 5.32 Å². The standard InChI is InChI=1S/C77H127NO13/c1-3-5-7-9-11-13-15-17-19-21-23-25-26-27-28-29-30-31-32-33-34-35-36-37-38-39-40-41-43-45-47-49-51-53-55-57-59-61-69(82)78-65(66(81)60-58-56-54-52-50-48-46-44-42-24-22-20-18-16-14-12-10-8-6-4-2)64-88-76-74(87)72(85)75(68(63-80)90-76)91-77-73(86)71(84)70(83)67(62-79)89-77/h5,7,11,13,17,19,23,25,27-28,30-31,33-34,36-37,39-40,42,44,50,52,58,60,65-68,70-77,79-81,83-87H,3-4,6,8-10,12,14-16,18,20-22,24,26,29,32,35,38,41,43,45-49,51,53-57,59,61-64H2,1-2H3,(H,78,82)/b7-5-,13-11-,19-17-,25-23-,28-27-,31-30-,34-33-,37-36-,40-39-,44-42+,52-50+,60-58+. The average molecular weight is 1270 g/mol. The van der Waals surface area contributed by atoms with Gasteiger partial charge >= 0.3 is 0 Å². The molecule has 1 amide bonds. The van der Waals surface area contributed by atoms with Crippen LogP contribution in [-0.2, 0) is 23.7 Å². The van der Waals surface area contributed by atoms with E-state index in [1.807, 2.05) is 6.08 Å². The third kappa shape index (κ3) is 43.5. The van der Waals surface area contributed by atoms with Crippen LogP contribution in [0.4, 0.5) is 0 Å². The van der Waals surface area contributed by atoms with Crippen LogP contribution in [0, 0.1) is 0 Å². The molecule has 0 aromatic rings. The highest BCUT2D eigenvalue weighted by atomic mass is 16.7. The highest BCUT2D eigenvalue weighted by Crippen LogP contribution is 2.30. The topological polar surface area (TPSA) is 228 Å². The third-order valence-electron chi connectivity index (χ3n) is 16.2. The Kier molecular flexibility index (Phi) is 54.3. The van der Waals surface area contributed by atoms with E-state index in [0.717, 1.165) is 116 Å². The van der Waals surface area contributed by atoms with Crippen LogP contribution in [0.15, 0.2) is 146 Å². The Morgan fingerprint density at radius 2 is 0.769 bits per heavy atom. The van der Waals surface area contributed by atoms with E-state index in [0.29, 0.717) is 12.8 Å². The van der Waals surface area contributed by atoms with Crippen LogP contribution >= 0.6 is 0 Å². The maximum absolute atomic E-state index is 13.3. The summed E-state index contributed by atoms with van der Waals surface area (Å²) >= 11 is 0. The number of allylic oxidation sites excluding steroid dienone is 23. The van der Waals surface area contributed by atoms with Gasteiger partial charge in [-0.05, 0) is 116 Å². The molecular weight excluding hydrogens is 1150 g/mol. The molecular formula is C77H127NO13. The van der Waals surface area contributed by atoms with Gasteiger partial charge in [-0.25, -0.2) is 0 Å². The second-order valence-electron chi connectivity index (χ2n) is 24.3. The molecule has 2 aliphatic rings. The van der Waals surface area contributed by atoms with E-state index in [4.69, 9.17) is 18.9 Å². The van der Waals surface area contributed by atoms with Crippen LogP contribution in [0.3, 0.4) is 0 Å².